The minimum atomic E-state index is 0.0869. The van der Waals surface area contributed by atoms with E-state index in [2.05, 4.69) is 24.5 Å². The lowest BCUT2D eigenvalue weighted by atomic mass is 10.2. The Morgan fingerprint density at radius 2 is 2.15 bits per heavy atom. The molecule has 0 saturated carbocycles. The third kappa shape index (κ3) is 12.8. The number of amides is 1. The number of hydrogen-bond donors (Lipinski definition) is 2. The molecule has 0 spiro atoms. The van der Waals surface area contributed by atoms with Gasteiger partial charge in [0.05, 0.1) is 0 Å². The van der Waals surface area contributed by atoms with Crippen molar-refractivity contribution in [3.05, 3.63) is 12.2 Å². The van der Waals surface area contributed by atoms with Crippen LogP contribution in [0.15, 0.2) is 12.2 Å². The predicted octanol–water partition coefficient (Wildman–Crippen LogP) is 2.81. The molecule has 0 atom stereocenters. The van der Waals surface area contributed by atoms with E-state index in [0.717, 1.165) is 13.0 Å². The van der Waals surface area contributed by atoms with Crippen molar-refractivity contribution >= 4 is 27.5 Å². The van der Waals surface area contributed by atoms with Crippen LogP contribution >= 0.6 is 21.6 Å². The Morgan fingerprint density at radius 1 is 1.40 bits per heavy atom. The van der Waals surface area contributed by atoms with Crippen LogP contribution in [0, 0.1) is 0 Å². The molecule has 0 radical (unpaired) electrons. The van der Waals surface area contributed by atoms with Gasteiger partial charge in [0.2, 0.25) is 5.91 Å². The summed E-state index contributed by atoms with van der Waals surface area (Å²) >= 11 is 0. The van der Waals surface area contributed by atoms with Crippen LogP contribution in [-0.2, 0) is 9.53 Å². The molecule has 0 aliphatic heterocycles. The lowest BCUT2D eigenvalue weighted by Gasteiger charge is -2.22. The molecule has 0 aliphatic rings. The van der Waals surface area contributed by atoms with E-state index in [0.29, 0.717) is 25.5 Å². The van der Waals surface area contributed by atoms with Crippen molar-refractivity contribution in [1.29, 1.82) is 0 Å². The number of hydrogen-bond acceptors (Lipinski definition) is 5. The maximum Gasteiger partial charge on any atom is 0.220 e. The molecule has 20 heavy (non-hydrogen) atoms. The lowest BCUT2D eigenvalue weighted by Crippen LogP contribution is -2.28. The van der Waals surface area contributed by atoms with E-state index in [-0.39, 0.29) is 10.7 Å². The summed E-state index contributed by atoms with van der Waals surface area (Å²) in [5.41, 5.74) is 0. The molecule has 0 aromatic rings. The molecule has 6 heteroatoms. The quantitative estimate of drug-likeness (QED) is 0.251. The SMILES string of the molecule is C/C=C/CNC(=O)CCCOCSSC(C)(C)CNC. The highest BCUT2D eigenvalue weighted by Crippen LogP contribution is 2.34. The van der Waals surface area contributed by atoms with Crippen LogP contribution in [0.2, 0.25) is 0 Å². The van der Waals surface area contributed by atoms with Crippen LogP contribution < -0.4 is 10.6 Å². The van der Waals surface area contributed by atoms with E-state index in [1.807, 2.05) is 36.9 Å². The van der Waals surface area contributed by atoms with Crippen molar-refractivity contribution in [2.45, 2.75) is 38.4 Å². The zero-order chi connectivity index (χ0) is 15.3. The number of ether oxygens (including phenoxy) is 1. The second kappa shape index (κ2) is 12.6. The first-order chi connectivity index (χ1) is 9.52. The highest BCUT2D eigenvalue weighted by molar-refractivity contribution is 8.77. The first-order valence-corrected chi connectivity index (χ1v) is 9.24. The van der Waals surface area contributed by atoms with E-state index in [9.17, 15) is 4.79 Å². The standard InChI is InChI=1S/C14H28N2O2S2/c1-5-6-9-16-13(17)8-7-10-18-12-19-20-14(2,3)11-15-4/h5-6,15H,7-12H2,1-4H3,(H,16,17)/b6-5+. The van der Waals surface area contributed by atoms with Gasteiger partial charge in [-0.2, -0.15) is 0 Å². The summed E-state index contributed by atoms with van der Waals surface area (Å²) < 4.78 is 5.71. The molecular weight excluding hydrogens is 292 g/mol. The first kappa shape index (κ1) is 19.8. The van der Waals surface area contributed by atoms with Gasteiger partial charge in [0.15, 0.2) is 0 Å². The first-order valence-electron chi connectivity index (χ1n) is 6.92. The molecule has 0 aromatic heterocycles. The normalized spacial score (nSPS) is 12.0. The summed E-state index contributed by atoms with van der Waals surface area (Å²) in [5.74, 6) is 0.752. The van der Waals surface area contributed by atoms with Crippen molar-refractivity contribution in [2.75, 3.05) is 32.7 Å². The van der Waals surface area contributed by atoms with Crippen molar-refractivity contribution in [2.24, 2.45) is 0 Å². The van der Waals surface area contributed by atoms with Crippen molar-refractivity contribution < 1.29 is 9.53 Å². The predicted molar refractivity (Wildman–Crippen MR) is 91.1 cm³/mol. The van der Waals surface area contributed by atoms with Crippen LogP contribution in [0.1, 0.15) is 33.6 Å². The molecule has 0 bridgehead atoms. The minimum Gasteiger partial charge on any atom is -0.370 e. The Bertz CT molecular complexity index is 284. The van der Waals surface area contributed by atoms with E-state index < -0.39 is 0 Å². The zero-order valence-corrected chi connectivity index (χ0v) is 14.7. The average molecular weight is 321 g/mol. The molecule has 0 aliphatic carbocycles. The maximum atomic E-state index is 11.4. The summed E-state index contributed by atoms with van der Waals surface area (Å²) in [5, 5.41) is 6.00. The third-order valence-corrected chi connectivity index (χ3v) is 5.34. The van der Waals surface area contributed by atoms with Crippen molar-refractivity contribution in [3.63, 3.8) is 0 Å². The van der Waals surface area contributed by atoms with Gasteiger partial charge in [0.25, 0.3) is 0 Å². The molecule has 0 fully saturated rings. The largest absolute Gasteiger partial charge is 0.370 e. The van der Waals surface area contributed by atoms with Crippen LogP contribution in [0.4, 0.5) is 0 Å². The molecule has 1 amide bonds. The topological polar surface area (TPSA) is 50.4 Å². The van der Waals surface area contributed by atoms with Gasteiger partial charge in [-0.3, -0.25) is 4.79 Å². The van der Waals surface area contributed by atoms with Gasteiger partial charge in [-0.25, -0.2) is 0 Å². The lowest BCUT2D eigenvalue weighted by molar-refractivity contribution is -0.121. The van der Waals surface area contributed by atoms with Crippen molar-refractivity contribution in [3.8, 4) is 0 Å². The summed E-state index contributed by atoms with van der Waals surface area (Å²) in [4.78, 5) is 11.4. The van der Waals surface area contributed by atoms with Gasteiger partial charge in [-0.1, -0.05) is 33.7 Å². The Morgan fingerprint density at radius 3 is 2.80 bits per heavy atom. The summed E-state index contributed by atoms with van der Waals surface area (Å²) in [6.45, 7) is 8.57. The molecule has 0 rings (SSSR count). The van der Waals surface area contributed by atoms with Crippen LogP contribution in [0.3, 0.4) is 0 Å². The number of allylic oxidation sites excluding steroid dienone is 1. The van der Waals surface area contributed by atoms with E-state index in [1.54, 1.807) is 10.8 Å². The molecule has 0 saturated heterocycles. The number of rotatable bonds is 12. The van der Waals surface area contributed by atoms with Gasteiger partial charge < -0.3 is 15.4 Å². The van der Waals surface area contributed by atoms with Gasteiger partial charge >= 0.3 is 0 Å². The number of carbonyl (C=O) groups excluding carboxylic acids is 1. The number of carbonyl (C=O) groups is 1. The Labute approximate surface area is 131 Å². The average Bonchev–Trinajstić information content (AvgIpc) is 2.37. The smallest absolute Gasteiger partial charge is 0.220 e. The van der Waals surface area contributed by atoms with Gasteiger partial charge in [0.1, 0.15) is 5.94 Å². The fourth-order valence-electron chi connectivity index (χ4n) is 1.45. The van der Waals surface area contributed by atoms with Crippen LogP contribution in [0.25, 0.3) is 0 Å². The molecular formula is C14H28N2O2S2. The maximum absolute atomic E-state index is 11.4. The van der Waals surface area contributed by atoms with E-state index in [1.165, 1.54) is 0 Å². The van der Waals surface area contributed by atoms with E-state index >= 15 is 0 Å². The summed E-state index contributed by atoms with van der Waals surface area (Å²) in [7, 11) is 5.51. The van der Waals surface area contributed by atoms with Gasteiger partial charge in [0, 0.05) is 30.9 Å². The molecule has 2 N–H and O–H groups in total. The van der Waals surface area contributed by atoms with Gasteiger partial charge in [-0.15, -0.1) is 0 Å². The molecule has 0 unspecified atom stereocenters. The Kier molecular flexibility index (Phi) is 12.5. The minimum absolute atomic E-state index is 0.0869. The Hall–Kier alpha value is -0.170. The van der Waals surface area contributed by atoms with Crippen LogP contribution in [-0.4, -0.2) is 43.3 Å². The van der Waals surface area contributed by atoms with Gasteiger partial charge in [-0.05, 0) is 34.2 Å². The second-order valence-electron chi connectivity index (χ2n) is 4.99. The highest BCUT2D eigenvalue weighted by atomic mass is 33.1. The summed E-state index contributed by atoms with van der Waals surface area (Å²) in [6, 6.07) is 0. The zero-order valence-electron chi connectivity index (χ0n) is 13.0. The van der Waals surface area contributed by atoms with Crippen molar-refractivity contribution in [1.82, 2.24) is 10.6 Å². The molecule has 118 valence electrons. The monoisotopic (exact) mass is 320 g/mol. The van der Waals surface area contributed by atoms with E-state index in [4.69, 9.17) is 4.74 Å². The third-order valence-electron chi connectivity index (χ3n) is 2.36. The van der Waals surface area contributed by atoms with Crippen LogP contribution in [0.5, 0.6) is 0 Å². The molecule has 4 nitrogen and oxygen atoms in total. The fraction of sp³-hybridized carbons (Fsp3) is 0.786. The fourth-order valence-corrected chi connectivity index (χ4v) is 3.68. The molecule has 0 aromatic carbocycles. The highest BCUT2D eigenvalue weighted by Gasteiger charge is 2.17. The Balaban J connectivity index is 3.38. The molecule has 0 heterocycles. The summed E-state index contributed by atoms with van der Waals surface area (Å²) in [6.07, 6.45) is 5.15. The second-order valence-corrected chi connectivity index (χ2v) is 7.94. The number of nitrogens with one attached hydrogen (secondary N) is 2.